The SMILES string of the molecule is NC(=O)[C@H](Cc1ccc(C(F)(F)F)cc1)Sc1nncs1. The standard InChI is InChI=1S/C12H10F3N3OS2/c13-12(14,15)8-3-1-7(2-4-8)5-9(10(16)19)21-11-18-17-6-20-11/h1-4,6,9H,5H2,(H2,16,19)/t9-/m0/s1. The van der Waals surface area contributed by atoms with Gasteiger partial charge in [0.1, 0.15) is 5.51 Å². The highest BCUT2D eigenvalue weighted by Gasteiger charge is 2.30. The van der Waals surface area contributed by atoms with Crippen molar-refractivity contribution in [3.8, 4) is 0 Å². The van der Waals surface area contributed by atoms with Gasteiger partial charge in [0.15, 0.2) is 4.34 Å². The molecule has 1 amide bonds. The van der Waals surface area contributed by atoms with Gasteiger partial charge in [0.05, 0.1) is 10.8 Å². The van der Waals surface area contributed by atoms with Crippen molar-refractivity contribution in [2.24, 2.45) is 5.73 Å². The fraction of sp³-hybridized carbons (Fsp3) is 0.250. The van der Waals surface area contributed by atoms with Crippen LogP contribution in [0.4, 0.5) is 13.2 Å². The van der Waals surface area contributed by atoms with Gasteiger partial charge in [0.25, 0.3) is 0 Å². The van der Waals surface area contributed by atoms with Gasteiger partial charge in [-0.15, -0.1) is 10.2 Å². The lowest BCUT2D eigenvalue weighted by Crippen LogP contribution is -2.27. The van der Waals surface area contributed by atoms with Crippen molar-refractivity contribution >= 4 is 29.0 Å². The van der Waals surface area contributed by atoms with Crippen LogP contribution in [0.2, 0.25) is 0 Å². The molecule has 0 saturated heterocycles. The second-order valence-corrected chi connectivity index (χ2v) is 6.40. The number of rotatable bonds is 5. The minimum absolute atomic E-state index is 0.234. The third-order valence-corrected chi connectivity index (χ3v) is 4.63. The summed E-state index contributed by atoms with van der Waals surface area (Å²) in [6.07, 6.45) is -4.14. The number of benzene rings is 1. The van der Waals surface area contributed by atoms with E-state index in [1.54, 1.807) is 0 Å². The summed E-state index contributed by atoms with van der Waals surface area (Å²) >= 11 is 2.43. The van der Waals surface area contributed by atoms with E-state index < -0.39 is 22.9 Å². The Morgan fingerprint density at radius 3 is 2.48 bits per heavy atom. The number of halogens is 3. The smallest absolute Gasteiger partial charge is 0.369 e. The number of hydrogen-bond acceptors (Lipinski definition) is 5. The lowest BCUT2D eigenvalue weighted by molar-refractivity contribution is -0.137. The van der Waals surface area contributed by atoms with Crippen LogP contribution in [0.15, 0.2) is 34.1 Å². The van der Waals surface area contributed by atoms with Gasteiger partial charge in [-0.3, -0.25) is 4.79 Å². The molecular formula is C12H10F3N3OS2. The minimum atomic E-state index is -4.37. The maximum absolute atomic E-state index is 12.5. The van der Waals surface area contributed by atoms with Gasteiger partial charge < -0.3 is 5.73 Å². The predicted molar refractivity (Wildman–Crippen MR) is 73.9 cm³/mol. The van der Waals surface area contributed by atoms with Gasteiger partial charge in [0, 0.05) is 0 Å². The van der Waals surface area contributed by atoms with Crippen LogP contribution in [-0.2, 0) is 17.4 Å². The molecule has 0 radical (unpaired) electrons. The Kier molecular flexibility index (Phi) is 4.84. The third kappa shape index (κ3) is 4.43. The maximum Gasteiger partial charge on any atom is 0.416 e. The van der Waals surface area contributed by atoms with Gasteiger partial charge >= 0.3 is 6.18 Å². The lowest BCUT2D eigenvalue weighted by atomic mass is 10.1. The number of nitrogens with two attached hydrogens (primary N) is 1. The van der Waals surface area contributed by atoms with E-state index in [9.17, 15) is 18.0 Å². The van der Waals surface area contributed by atoms with Crippen LogP contribution in [0.3, 0.4) is 0 Å². The molecule has 2 N–H and O–H groups in total. The van der Waals surface area contributed by atoms with E-state index in [0.717, 1.165) is 23.9 Å². The van der Waals surface area contributed by atoms with E-state index in [-0.39, 0.29) is 6.42 Å². The highest BCUT2D eigenvalue weighted by atomic mass is 32.2. The maximum atomic E-state index is 12.5. The molecule has 0 unspecified atom stereocenters. The third-order valence-electron chi connectivity index (χ3n) is 2.60. The van der Waals surface area contributed by atoms with Crippen molar-refractivity contribution < 1.29 is 18.0 Å². The van der Waals surface area contributed by atoms with Crippen molar-refractivity contribution in [3.63, 3.8) is 0 Å². The van der Waals surface area contributed by atoms with E-state index in [4.69, 9.17) is 5.73 Å². The molecular weight excluding hydrogens is 323 g/mol. The highest BCUT2D eigenvalue weighted by molar-refractivity contribution is 8.02. The number of carbonyl (C=O) groups is 1. The molecule has 21 heavy (non-hydrogen) atoms. The Bertz CT molecular complexity index is 599. The predicted octanol–water partition coefficient (Wildman–Crippen LogP) is 2.75. The van der Waals surface area contributed by atoms with Crippen molar-refractivity contribution in [1.82, 2.24) is 10.2 Å². The number of thioether (sulfide) groups is 1. The molecule has 0 fully saturated rings. The van der Waals surface area contributed by atoms with Crippen LogP contribution >= 0.6 is 23.1 Å². The number of hydrogen-bond donors (Lipinski definition) is 1. The fourth-order valence-corrected chi connectivity index (χ4v) is 3.29. The first-order valence-electron chi connectivity index (χ1n) is 5.74. The zero-order valence-corrected chi connectivity index (χ0v) is 12.1. The van der Waals surface area contributed by atoms with Crippen LogP contribution in [0, 0.1) is 0 Å². The summed E-state index contributed by atoms with van der Waals surface area (Å²) in [5.74, 6) is -0.546. The number of aromatic nitrogens is 2. The molecule has 1 heterocycles. The Hall–Kier alpha value is -1.61. The normalized spacial score (nSPS) is 13.1. The van der Waals surface area contributed by atoms with Crippen molar-refractivity contribution in [3.05, 3.63) is 40.9 Å². The largest absolute Gasteiger partial charge is 0.416 e. The summed E-state index contributed by atoms with van der Waals surface area (Å²) in [6.45, 7) is 0. The van der Waals surface area contributed by atoms with Crippen LogP contribution in [0.5, 0.6) is 0 Å². The highest BCUT2D eigenvalue weighted by Crippen LogP contribution is 2.30. The Morgan fingerprint density at radius 2 is 2.00 bits per heavy atom. The molecule has 1 atom stereocenters. The molecule has 0 saturated carbocycles. The van der Waals surface area contributed by atoms with Crippen molar-refractivity contribution in [2.75, 3.05) is 0 Å². The van der Waals surface area contributed by atoms with E-state index in [1.165, 1.54) is 29.0 Å². The number of amides is 1. The average molecular weight is 333 g/mol. The van der Waals surface area contributed by atoms with E-state index in [1.807, 2.05) is 0 Å². The minimum Gasteiger partial charge on any atom is -0.369 e. The molecule has 0 spiro atoms. The van der Waals surface area contributed by atoms with E-state index in [0.29, 0.717) is 9.90 Å². The van der Waals surface area contributed by atoms with Crippen molar-refractivity contribution in [1.29, 1.82) is 0 Å². The second kappa shape index (κ2) is 6.44. The Labute approximate surface area is 126 Å². The number of nitrogens with zero attached hydrogens (tertiary/aromatic N) is 2. The lowest BCUT2D eigenvalue weighted by Gasteiger charge is -2.12. The Morgan fingerprint density at radius 1 is 1.33 bits per heavy atom. The summed E-state index contributed by atoms with van der Waals surface area (Å²) in [5.41, 5.74) is 6.72. The number of carbonyl (C=O) groups excluding carboxylic acids is 1. The molecule has 112 valence electrons. The summed E-state index contributed by atoms with van der Waals surface area (Å²) in [6, 6.07) is 4.67. The first-order valence-corrected chi connectivity index (χ1v) is 7.50. The zero-order chi connectivity index (χ0) is 15.5. The van der Waals surface area contributed by atoms with Gasteiger partial charge in [0.2, 0.25) is 5.91 Å². The van der Waals surface area contributed by atoms with Gasteiger partial charge in [-0.1, -0.05) is 35.2 Å². The van der Waals surface area contributed by atoms with Gasteiger partial charge in [-0.25, -0.2) is 0 Å². The summed E-state index contributed by atoms with van der Waals surface area (Å²) in [7, 11) is 0. The molecule has 2 aromatic rings. The summed E-state index contributed by atoms with van der Waals surface area (Å²) in [5, 5.41) is 6.85. The van der Waals surface area contributed by atoms with E-state index >= 15 is 0 Å². The average Bonchev–Trinajstić information content (AvgIpc) is 2.90. The molecule has 1 aromatic carbocycles. The molecule has 0 aliphatic carbocycles. The molecule has 1 aromatic heterocycles. The summed E-state index contributed by atoms with van der Waals surface area (Å²) in [4.78, 5) is 11.4. The molecule has 2 rings (SSSR count). The van der Waals surface area contributed by atoms with Crippen LogP contribution in [0.25, 0.3) is 0 Å². The molecule has 4 nitrogen and oxygen atoms in total. The molecule has 0 aliphatic heterocycles. The molecule has 9 heteroatoms. The number of alkyl halides is 3. The second-order valence-electron chi connectivity index (χ2n) is 4.11. The first-order chi connectivity index (χ1) is 9.86. The van der Waals surface area contributed by atoms with Gasteiger partial charge in [-0.2, -0.15) is 13.2 Å². The monoisotopic (exact) mass is 333 g/mol. The molecule has 0 bridgehead atoms. The van der Waals surface area contributed by atoms with Crippen LogP contribution in [-0.4, -0.2) is 21.4 Å². The molecule has 0 aliphatic rings. The van der Waals surface area contributed by atoms with E-state index in [2.05, 4.69) is 10.2 Å². The fourth-order valence-electron chi connectivity index (χ4n) is 1.58. The quantitative estimate of drug-likeness (QED) is 0.854. The zero-order valence-electron chi connectivity index (χ0n) is 10.5. The first kappa shape index (κ1) is 15.8. The summed E-state index contributed by atoms with van der Waals surface area (Å²) < 4.78 is 38.0. The van der Waals surface area contributed by atoms with Gasteiger partial charge in [-0.05, 0) is 24.1 Å². The topological polar surface area (TPSA) is 68.9 Å². The van der Waals surface area contributed by atoms with Crippen molar-refractivity contribution in [2.45, 2.75) is 22.2 Å². The van der Waals surface area contributed by atoms with Crippen LogP contribution < -0.4 is 5.73 Å². The Balaban J connectivity index is 2.08. The number of primary amides is 1. The van der Waals surface area contributed by atoms with Crippen LogP contribution in [0.1, 0.15) is 11.1 Å².